The standard InChI is InChI=1S/C22H28O9Si/c1-7-26-16(4)20(23)29-32(15-19-13-11-10-12-14-19,30-21(24)17(5)27-8-2)31-22(25)18(6)28-9-3/h10-14H,4-9,15H2,1-3H3. The summed E-state index contributed by atoms with van der Waals surface area (Å²) in [5.74, 6) is -4.22. The maximum Gasteiger partial charge on any atom is 0.710 e. The van der Waals surface area contributed by atoms with Crippen LogP contribution in [0, 0.1) is 0 Å². The molecule has 0 unspecified atom stereocenters. The predicted octanol–water partition coefficient (Wildman–Crippen LogP) is 2.99. The van der Waals surface area contributed by atoms with E-state index in [4.69, 9.17) is 27.5 Å². The van der Waals surface area contributed by atoms with Crippen LogP contribution < -0.4 is 0 Å². The summed E-state index contributed by atoms with van der Waals surface area (Å²) in [6.45, 7) is 15.8. The first kappa shape index (κ1) is 26.5. The van der Waals surface area contributed by atoms with E-state index in [0.717, 1.165) is 0 Å². The maximum atomic E-state index is 12.6. The third-order valence-electron chi connectivity index (χ3n) is 3.65. The van der Waals surface area contributed by atoms with Crippen molar-refractivity contribution in [2.24, 2.45) is 0 Å². The number of hydrogen-bond donors (Lipinski definition) is 0. The van der Waals surface area contributed by atoms with Gasteiger partial charge >= 0.3 is 26.7 Å². The fraction of sp³-hybridized carbons (Fsp3) is 0.318. The minimum atomic E-state index is -4.47. The van der Waals surface area contributed by atoms with Crippen molar-refractivity contribution in [3.63, 3.8) is 0 Å². The third kappa shape index (κ3) is 8.30. The zero-order valence-corrected chi connectivity index (χ0v) is 19.5. The Morgan fingerprint density at radius 3 is 1.34 bits per heavy atom. The van der Waals surface area contributed by atoms with E-state index < -0.39 is 26.7 Å². The van der Waals surface area contributed by atoms with Crippen molar-refractivity contribution in [2.45, 2.75) is 26.8 Å². The van der Waals surface area contributed by atoms with Gasteiger partial charge in [0, 0.05) is 0 Å². The van der Waals surface area contributed by atoms with Gasteiger partial charge in [0.1, 0.15) is 0 Å². The van der Waals surface area contributed by atoms with Crippen molar-refractivity contribution < 1.29 is 41.9 Å². The van der Waals surface area contributed by atoms with Gasteiger partial charge in [-0.05, 0) is 46.1 Å². The molecule has 174 valence electrons. The van der Waals surface area contributed by atoms with Crippen molar-refractivity contribution in [3.8, 4) is 0 Å². The lowest BCUT2D eigenvalue weighted by atomic mass is 10.2. The Labute approximate surface area is 188 Å². The number of benzene rings is 1. The Morgan fingerprint density at radius 1 is 0.688 bits per heavy atom. The van der Waals surface area contributed by atoms with E-state index in [2.05, 4.69) is 19.7 Å². The Bertz CT molecular complexity index is 769. The van der Waals surface area contributed by atoms with Gasteiger partial charge in [-0.15, -0.1) is 0 Å². The van der Waals surface area contributed by atoms with Crippen LogP contribution in [0.1, 0.15) is 26.3 Å². The molecule has 9 nitrogen and oxygen atoms in total. The second-order valence-electron chi connectivity index (χ2n) is 6.08. The highest BCUT2D eigenvalue weighted by Gasteiger charge is 2.55. The molecule has 0 aromatic heterocycles. The lowest BCUT2D eigenvalue weighted by Crippen LogP contribution is -2.53. The fourth-order valence-corrected chi connectivity index (χ4v) is 4.58. The Hall–Kier alpha value is -3.53. The summed E-state index contributed by atoms with van der Waals surface area (Å²) in [6, 6.07) is 8.35. The van der Waals surface area contributed by atoms with Crippen molar-refractivity contribution in [3.05, 3.63) is 72.9 Å². The molecule has 0 atom stereocenters. The Balaban J connectivity index is 3.40. The van der Waals surface area contributed by atoms with Crippen LogP contribution in [-0.2, 0) is 47.9 Å². The van der Waals surface area contributed by atoms with E-state index in [-0.39, 0.29) is 43.1 Å². The van der Waals surface area contributed by atoms with Gasteiger partial charge < -0.3 is 27.5 Å². The molecule has 0 aliphatic heterocycles. The van der Waals surface area contributed by atoms with E-state index in [9.17, 15) is 14.4 Å². The average molecular weight is 465 g/mol. The number of hydrogen-bond acceptors (Lipinski definition) is 9. The summed E-state index contributed by atoms with van der Waals surface area (Å²) in [7, 11) is -4.47. The van der Waals surface area contributed by atoms with E-state index in [1.165, 1.54) is 0 Å². The molecule has 0 spiro atoms. The molecule has 0 bridgehead atoms. The van der Waals surface area contributed by atoms with Gasteiger partial charge in [0.25, 0.3) is 0 Å². The molecule has 0 heterocycles. The van der Waals surface area contributed by atoms with Gasteiger partial charge in [-0.1, -0.05) is 30.3 Å². The molecule has 0 fully saturated rings. The van der Waals surface area contributed by atoms with Gasteiger partial charge in [-0.25, -0.2) is 14.4 Å². The molecule has 0 N–H and O–H groups in total. The monoisotopic (exact) mass is 464 g/mol. The second-order valence-corrected chi connectivity index (χ2v) is 8.41. The lowest BCUT2D eigenvalue weighted by Gasteiger charge is -2.28. The first-order valence-corrected chi connectivity index (χ1v) is 11.8. The summed E-state index contributed by atoms with van der Waals surface area (Å²) in [4.78, 5) is 37.8. The van der Waals surface area contributed by atoms with Crippen molar-refractivity contribution in [1.82, 2.24) is 0 Å². The van der Waals surface area contributed by atoms with E-state index in [0.29, 0.717) is 5.56 Å². The lowest BCUT2D eigenvalue weighted by molar-refractivity contribution is -0.150. The summed E-state index contributed by atoms with van der Waals surface area (Å²) in [5.41, 5.74) is 0.568. The van der Waals surface area contributed by atoms with Gasteiger partial charge in [0.2, 0.25) is 0 Å². The van der Waals surface area contributed by atoms with Crippen LogP contribution in [0.4, 0.5) is 0 Å². The van der Waals surface area contributed by atoms with Crippen molar-refractivity contribution in [2.75, 3.05) is 19.8 Å². The van der Waals surface area contributed by atoms with Crippen LogP contribution in [0.15, 0.2) is 67.3 Å². The molecule has 10 heteroatoms. The molecular weight excluding hydrogens is 436 g/mol. The first-order valence-electron chi connectivity index (χ1n) is 9.87. The van der Waals surface area contributed by atoms with Gasteiger partial charge in [0.15, 0.2) is 17.3 Å². The highest BCUT2D eigenvalue weighted by atomic mass is 28.4. The fourth-order valence-electron chi connectivity index (χ4n) is 2.31. The zero-order valence-electron chi connectivity index (χ0n) is 18.5. The SMILES string of the molecule is C=C(OCC)C(=O)O[Si](Cc1ccccc1)(OC(=O)C(=C)OCC)OC(=O)C(=C)OCC. The normalized spacial score (nSPS) is 10.3. The molecule has 1 rings (SSSR count). The second kappa shape index (κ2) is 13.0. The van der Waals surface area contributed by atoms with Crippen LogP contribution >= 0.6 is 0 Å². The quantitative estimate of drug-likeness (QED) is 0.233. The zero-order chi connectivity index (χ0) is 24.1. The van der Waals surface area contributed by atoms with Crippen LogP contribution in [0.2, 0.25) is 0 Å². The van der Waals surface area contributed by atoms with Crippen LogP contribution in [-0.4, -0.2) is 46.5 Å². The predicted molar refractivity (Wildman–Crippen MR) is 116 cm³/mol. The molecule has 0 saturated heterocycles. The number of carbonyl (C=O) groups excluding carboxylic acids is 3. The van der Waals surface area contributed by atoms with E-state index in [1.54, 1.807) is 51.1 Å². The highest BCUT2D eigenvalue weighted by molar-refractivity contribution is 6.65. The van der Waals surface area contributed by atoms with Crippen LogP contribution in [0.25, 0.3) is 0 Å². The first-order chi connectivity index (χ1) is 15.2. The topological polar surface area (TPSA) is 107 Å². The summed E-state index contributed by atoms with van der Waals surface area (Å²) in [5, 5.41) is 0. The number of ether oxygens (including phenoxy) is 3. The Morgan fingerprint density at radius 2 is 1.03 bits per heavy atom. The maximum absolute atomic E-state index is 12.6. The van der Waals surface area contributed by atoms with Gasteiger partial charge in [-0.3, -0.25) is 0 Å². The summed E-state index contributed by atoms with van der Waals surface area (Å²) in [6.07, 6.45) is 0. The molecular formula is C22H28O9Si. The molecule has 32 heavy (non-hydrogen) atoms. The molecule has 1 aromatic carbocycles. The van der Waals surface area contributed by atoms with Gasteiger partial charge in [-0.2, -0.15) is 0 Å². The van der Waals surface area contributed by atoms with Crippen LogP contribution in [0.5, 0.6) is 0 Å². The third-order valence-corrected chi connectivity index (χ3v) is 5.98. The average Bonchev–Trinajstić information content (AvgIpc) is 2.74. The van der Waals surface area contributed by atoms with E-state index in [1.807, 2.05) is 0 Å². The minimum Gasteiger partial charge on any atom is -0.487 e. The molecule has 0 saturated carbocycles. The molecule has 1 aromatic rings. The Kier molecular flexibility index (Phi) is 10.8. The van der Waals surface area contributed by atoms with E-state index >= 15 is 0 Å². The molecule has 0 amide bonds. The highest BCUT2D eigenvalue weighted by Crippen LogP contribution is 2.22. The molecule has 0 aliphatic rings. The minimum absolute atomic E-state index is 0.142. The molecule has 0 aliphatic carbocycles. The summed E-state index contributed by atoms with van der Waals surface area (Å²) < 4.78 is 31.6. The number of rotatable bonds is 14. The smallest absolute Gasteiger partial charge is 0.487 e. The van der Waals surface area contributed by atoms with Crippen molar-refractivity contribution in [1.29, 1.82) is 0 Å². The van der Waals surface area contributed by atoms with Crippen LogP contribution in [0.3, 0.4) is 0 Å². The summed E-state index contributed by atoms with van der Waals surface area (Å²) >= 11 is 0. The van der Waals surface area contributed by atoms with Crippen molar-refractivity contribution >= 4 is 26.7 Å². The number of carbonyl (C=O) groups is 3. The van der Waals surface area contributed by atoms with Gasteiger partial charge in [0.05, 0.1) is 25.9 Å². The molecule has 0 radical (unpaired) electrons. The largest absolute Gasteiger partial charge is 0.710 e.